The first-order chi connectivity index (χ1) is 12.7. The summed E-state index contributed by atoms with van der Waals surface area (Å²) in [7, 11) is 0. The minimum absolute atomic E-state index is 0.0381. The lowest BCUT2D eigenvalue weighted by Crippen LogP contribution is -2.39. The van der Waals surface area contributed by atoms with Crippen molar-refractivity contribution in [2.45, 2.75) is 13.0 Å². The van der Waals surface area contributed by atoms with Crippen LogP contribution in [0.5, 0.6) is 17.2 Å². The monoisotopic (exact) mass is 357 g/mol. The molecular formula is C19H19NO6. The summed E-state index contributed by atoms with van der Waals surface area (Å²) in [4.78, 5) is 24.0. The lowest BCUT2D eigenvalue weighted by atomic mass is 10.2. The number of hydrogen-bond acceptors (Lipinski definition) is 6. The summed E-state index contributed by atoms with van der Waals surface area (Å²) in [6, 6.07) is 14.0. The Morgan fingerprint density at radius 3 is 2.58 bits per heavy atom. The Hall–Kier alpha value is -3.22. The van der Waals surface area contributed by atoms with E-state index in [4.69, 9.17) is 18.9 Å². The third-order valence-electron chi connectivity index (χ3n) is 3.57. The van der Waals surface area contributed by atoms with Gasteiger partial charge in [0.2, 0.25) is 6.10 Å². The zero-order chi connectivity index (χ0) is 18.4. The van der Waals surface area contributed by atoms with Crippen LogP contribution in [-0.2, 0) is 14.3 Å². The fraction of sp³-hybridized carbons (Fsp3) is 0.263. The largest absolute Gasteiger partial charge is 0.494 e. The second-order valence-corrected chi connectivity index (χ2v) is 5.48. The van der Waals surface area contributed by atoms with Gasteiger partial charge in [-0.15, -0.1) is 0 Å². The smallest absolute Gasteiger partial charge is 0.351 e. The number of para-hydroxylation sites is 2. The summed E-state index contributed by atoms with van der Waals surface area (Å²) in [5, 5.41) is 2.64. The predicted octanol–water partition coefficient (Wildman–Crippen LogP) is 2.41. The van der Waals surface area contributed by atoms with Crippen LogP contribution in [0.4, 0.5) is 5.69 Å². The Balaban J connectivity index is 1.46. The molecule has 136 valence electrons. The Bertz CT molecular complexity index is 774. The van der Waals surface area contributed by atoms with Crippen LogP contribution < -0.4 is 19.5 Å². The average Bonchev–Trinajstić information content (AvgIpc) is 2.67. The molecule has 1 N–H and O–H groups in total. The Morgan fingerprint density at radius 2 is 1.85 bits per heavy atom. The third-order valence-corrected chi connectivity index (χ3v) is 3.57. The minimum atomic E-state index is -0.900. The number of benzene rings is 2. The molecule has 26 heavy (non-hydrogen) atoms. The highest BCUT2D eigenvalue weighted by atomic mass is 16.6. The van der Waals surface area contributed by atoms with Gasteiger partial charge in [0.25, 0.3) is 5.91 Å². The number of carbonyl (C=O) groups is 2. The average molecular weight is 357 g/mol. The van der Waals surface area contributed by atoms with Crippen molar-refractivity contribution in [3.05, 3.63) is 48.5 Å². The molecule has 0 bridgehead atoms. The lowest BCUT2D eigenvalue weighted by Gasteiger charge is -2.24. The minimum Gasteiger partial charge on any atom is -0.494 e. The lowest BCUT2D eigenvalue weighted by molar-refractivity contribution is -0.156. The summed E-state index contributed by atoms with van der Waals surface area (Å²) < 4.78 is 21.3. The fourth-order valence-electron chi connectivity index (χ4n) is 2.36. The molecule has 0 unspecified atom stereocenters. The second kappa shape index (κ2) is 8.24. The van der Waals surface area contributed by atoms with Crippen molar-refractivity contribution in [3.8, 4) is 17.2 Å². The van der Waals surface area contributed by atoms with Crippen molar-refractivity contribution in [2.24, 2.45) is 0 Å². The molecule has 1 aliphatic heterocycles. The van der Waals surface area contributed by atoms with Crippen LogP contribution in [-0.4, -0.2) is 37.8 Å². The van der Waals surface area contributed by atoms with Crippen molar-refractivity contribution in [3.63, 3.8) is 0 Å². The molecule has 0 saturated carbocycles. The van der Waals surface area contributed by atoms with Crippen molar-refractivity contribution < 1.29 is 28.5 Å². The van der Waals surface area contributed by atoms with E-state index in [0.717, 1.165) is 0 Å². The van der Waals surface area contributed by atoms with Gasteiger partial charge < -0.3 is 24.3 Å². The number of hydrogen-bond donors (Lipinski definition) is 1. The maximum Gasteiger partial charge on any atom is 0.351 e. The van der Waals surface area contributed by atoms with E-state index >= 15 is 0 Å². The summed E-state index contributed by atoms with van der Waals surface area (Å²) >= 11 is 0. The highest BCUT2D eigenvalue weighted by Crippen LogP contribution is 2.31. The molecule has 0 radical (unpaired) electrons. The second-order valence-electron chi connectivity index (χ2n) is 5.48. The maximum absolute atomic E-state index is 12.1. The van der Waals surface area contributed by atoms with E-state index in [2.05, 4.69) is 5.32 Å². The Labute approximate surface area is 150 Å². The summed E-state index contributed by atoms with van der Waals surface area (Å²) in [6.45, 7) is 2.09. The molecule has 0 saturated heterocycles. The molecule has 2 aromatic rings. The molecule has 7 nitrogen and oxygen atoms in total. The van der Waals surface area contributed by atoms with E-state index in [0.29, 0.717) is 29.5 Å². The highest BCUT2D eigenvalue weighted by molar-refractivity contribution is 5.93. The maximum atomic E-state index is 12.1. The van der Waals surface area contributed by atoms with Gasteiger partial charge >= 0.3 is 5.97 Å². The fourth-order valence-corrected chi connectivity index (χ4v) is 2.36. The number of esters is 1. The van der Waals surface area contributed by atoms with E-state index in [-0.39, 0.29) is 6.61 Å². The molecular weight excluding hydrogens is 338 g/mol. The number of nitrogens with one attached hydrogen (secondary N) is 1. The van der Waals surface area contributed by atoms with Crippen molar-refractivity contribution >= 4 is 17.6 Å². The summed E-state index contributed by atoms with van der Waals surface area (Å²) in [5.41, 5.74) is 0.584. The number of ether oxygens (including phenoxy) is 4. The summed E-state index contributed by atoms with van der Waals surface area (Å²) in [5.74, 6) is 0.664. The van der Waals surface area contributed by atoms with E-state index in [1.807, 2.05) is 13.0 Å². The first-order valence-electron chi connectivity index (χ1n) is 8.23. The molecule has 1 heterocycles. The quantitative estimate of drug-likeness (QED) is 0.800. The van der Waals surface area contributed by atoms with Gasteiger partial charge in [-0.3, -0.25) is 4.79 Å². The standard InChI is InChI=1S/C19H19NO6/c1-2-23-14-9-7-13(8-10-14)20-18(21)12-25-19(22)17-11-24-15-5-3-4-6-16(15)26-17/h3-10,17H,2,11-12H2,1H3,(H,20,21)/t17-/m1/s1. The molecule has 0 fully saturated rings. The van der Waals surface area contributed by atoms with Gasteiger partial charge in [-0.25, -0.2) is 4.79 Å². The first-order valence-corrected chi connectivity index (χ1v) is 8.23. The molecule has 0 aromatic heterocycles. The number of fused-ring (bicyclic) bond motifs is 1. The van der Waals surface area contributed by atoms with Crippen LogP contribution in [0.2, 0.25) is 0 Å². The molecule has 7 heteroatoms. The van der Waals surface area contributed by atoms with Gasteiger partial charge in [0.15, 0.2) is 18.1 Å². The van der Waals surface area contributed by atoms with E-state index in [1.165, 1.54) is 0 Å². The zero-order valence-corrected chi connectivity index (χ0v) is 14.3. The van der Waals surface area contributed by atoms with Crippen LogP contribution in [0.1, 0.15) is 6.92 Å². The van der Waals surface area contributed by atoms with Crippen molar-refractivity contribution in [1.29, 1.82) is 0 Å². The number of rotatable bonds is 6. The molecule has 3 rings (SSSR count). The Kier molecular flexibility index (Phi) is 5.58. The van der Waals surface area contributed by atoms with E-state index in [1.54, 1.807) is 42.5 Å². The van der Waals surface area contributed by atoms with Gasteiger partial charge in [-0.1, -0.05) is 12.1 Å². The van der Waals surface area contributed by atoms with Crippen molar-refractivity contribution in [1.82, 2.24) is 0 Å². The van der Waals surface area contributed by atoms with Gasteiger partial charge in [-0.2, -0.15) is 0 Å². The number of amides is 1. The van der Waals surface area contributed by atoms with Gasteiger partial charge in [0, 0.05) is 5.69 Å². The Morgan fingerprint density at radius 1 is 1.12 bits per heavy atom. The molecule has 1 atom stereocenters. The van der Waals surface area contributed by atoms with Crippen LogP contribution in [0.15, 0.2) is 48.5 Å². The van der Waals surface area contributed by atoms with Crippen LogP contribution in [0.3, 0.4) is 0 Å². The van der Waals surface area contributed by atoms with E-state index in [9.17, 15) is 9.59 Å². The summed E-state index contributed by atoms with van der Waals surface area (Å²) in [6.07, 6.45) is -0.900. The molecule has 0 spiro atoms. The topological polar surface area (TPSA) is 83.1 Å². The van der Waals surface area contributed by atoms with E-state index < -0.39 is 24.6 Å². The zero-order valence-electron chi connectivity index (χ0n) is 14.3. The SMILES string of the molecule is CCOc1ccc(NC(=O)COC(=O)[C@H]2COc3ccccc3O2)cc1. The van der Waals surface area contributed by atoms with Gasteiger partial charge in [-0.05, 0) is 43.3 Å². The molecule has 1 aliphatic rings. The normalized spacial score (nSPS) is 15.0. The van der Waals surface area contributed by atoms with Crippen LogP contribution >= 0.6 is 0 Å². The van der Waals surface area contributed by atoms with Gasteiger partial charge in [0.1, 0.15) is 12.4 Å². The number of anilines is 1. The van der Waals surface area contributed by atoms with Crippen molar-refractivity contribution in [2.75, 3.05) is 25.1 Å². The third kappa shape index (κ3) is 4.44. The van der Waals surface area contributed by atoms with Crippen LogP contribution in [0.25, 0.3) is 0 Å². The molecule has 1 amide bonds. The van der Waals surface area contributed by atoms with Gasteiger partial charge in [0.05, 0.1) is 6.61 Å². The highest BCUT2D eigenvalue weighted by Gasteiger charge is 2.29. The molecule has 2 aromatic carbocycles. The molecule has 0 aliphatic carbocycles. The predicted molar refractivity (Wildman–Crippen MR) is 93.6 cm³/mol. The number of carbonyl (C=O) groups excluding carboxylic acids is 2. The first kappa shape index (κ1) is 17.6. The van der Waals surface area contributed by atoms with Crippen LogP contribution in [0, 0.1) is 0 Å².